The lowest BCUT2D eigenvalue weighted by atomic mass is 10.3. The molecule has 0 fully saturated rings. The third-order valence-corrected chi connectivity index (χ3v) is 2.14. The Hall–Kier alpha value is -1.52. The molecule has 5 nitrogen and oxygen atoms in total. The van der Waals surface area contributed by atoms with Crippen LogP contribution in [0, 0.1) is 6.92 Å². The molecule has 0 spiro atoms. The van der Waals surface area contributed by atoms with Crippen molar-refractivity contribution < 1.29 is 4.79 Å². The molecule has 0 aliphatic rings. The van der Waals surface area contributed by atoms with Crippen LogP contribution in [0.1, 0.15) is 25.3 Å². The van der Waals surface area contributed by atoms with Crippen molar-refractivity contribution in [3.05, 3.63) is 11.8 Å². The maximum Gasteiger partial charge on any atom is 0.241 e. The molecule has 0 aromatic carbocycles. The number of hydrogen-bond donors (Lipinski definition) is 2. The van der Waals surface area contributed by atoms with Crippen LogP contribution >= 0.6 is 0 Å². The summed E-state index contributed by atoms with van der Waals surface area (Å²) in [4.78, 5) is 11.4. The Labute approximate surface area is 89.6 Å². The van der Waals surface area contributed by atoms with Gasteiger partial charge >= 0.3 is 0 Å². The fraction of sp³-hybridized carbons (Fsp3) is 0.600. The van der Waals surface area contributed by atoms with Gasteiger partial charge < -0.3 is 11.1 Å². The second kappa shape index (κ2) is 5.38. The Morgan fingerprint density at radius 3 is 2.93 bits per heavy atom. The van der Waals surface area contributed by atoms with Crippen molar-refractivity contribution in [2.75, 3.05) is 12.3 Å². The van der Waals surface area contributed by atoms with Crippen molar-refractivity contribution >= 4 is 11.7 Å². The highest BCUT2D eigenvalue weighted by atomic mass is 16.2. The van der Waals surface area contributed by atoms with E-state index in [0.717, 1.165) is 24.9 Å². The number of nitrogens with one attached hydrogen (secondary N) is 1. The Morgan fingerprint density at radius 1 is 1.67 bits per heavy atom. The number of rotatable bonds is 5. The van der Waals surface area contributed by atoms with Crippen molar-refractivity contribution in [1.29, 1.82) is 0 Å². The van der Waals surface area contributed by atoms with E-state index in [-0.39, 0.29) is 12.5 Å². The summed E-state index contributed by atoms with van der Waals surface area (Å²) >= 11 is 0. The lowest BCUT2D eigenvalue weighted by Crippen LogP contribution is -2.28. The molecule has 0 saturated carbocycles. The van der Waals surface area contributed by atoms with Crippen LogP contribution in [0.5, 0.6) is 0 Å². The van der Waals surface area contributed by atoms with Gasteiger partial charge in [0.05, 0.1) is 0 Å². The van der Waals surface area contributed by atoms with E-state index in [2.05, 4.69) is 17.3 Å². The quantitative estimate of drug-likeness (QED) is 0.702. The van der Waals surface area contributed by atoms with E-state index in [1.807, 2.05) is 6.92 Å². The first kappa shape index (κ1) is 11.6. The van der Waals surface area contributed by atoms with Gasteiger partial charge in [-0.25, -0.2) is 0 Å². The van der Waals surface area contributed by atoms with E-state index in [9.17, 15) is 4.79 Å². The number of aryl methyl sites for hydroxylation is 1. The summed E-state index contributed by atoms with van der Waals surface area (Å²) < 4.78 is 1.56. The summed E-state index contributed by atoms with van der Waals surface area (Å²) in [7, 11) is 0. The van der Waals surface area contributed by atoms with E-state index in [1.54, 1.807) is 10.9 Å². The summed E-state index contributed by atoms with van der Waals surface area (Å²) in [6.45, 7) is 4.92. The molecule has 1 rings (SSSR count). The van der Waals surface area contributed by atoms with Crippen LogP contribution in [-0.2, 0) is 11.3 Å². The number of unbranched alkanes of at least 4 members (excludes halogenated alkanes) is 1. The minimum Gasteiger partial charge on any atom is -0.382 e. The molecule has 15 heavy (non-hydrogen) atoms. The van der Waals surface area contributed by atoms with Crippen LogP contribution < -0.4 is 11.1 Å². The van der Waals surface area contributed by atoms with Gasteiger partial charge in [0.1, 0.15) is 12.4 Å². The number of aromatic nitrogens is 2. The van der Waals surface area contributed by atoms with Crippen molar-refractivity contribution in [3.8, 4) is 0 Å². The minimum absolute atomic E-state index is 0.0223. The van der Waals surface area contributed by atoms with Gasteiger partial charge in [-0.2, -0.15) is 5.10 Å². The lowest BCUT2D eigenvalue weighted by Gasteiger charge is -2.03. The summed E-state index contributed by atoms with van der Waals surface area (Å²) in [6, 6.07) is 0. The molecule has 5 heteroatoms. The van der Waals surface area contributed by atoms with Crippen LogP contribution in [0.4, 0.5) is 5.82 Å². The van der Waals surface area contributed by atoms with Gasteiger partial charge in [0.2, 0.25) is 5.91 Å². The minimum atomic E-state index is -0.0223. The van der Waals surface area contributed by atoms with Crippen molar-refractivity contribution in [2.24, 2.45) is 0 Å². The Balaban J connectivity index is 2.37. The summed E-state index contributed by atoms with van der Waals surface area (Å²) in [5.74, 6) is 0.460. The van der Waals surface area contributed by atoms with Gasteiger partial charge in [0.15, 0.2) is 0 Å². The third kappa shape index (κ3) is 3.61. The number of amides is 1. The standard InChI is InChI=1S/C10H18N4O/c1-3-4-5-12-9(15)7-14-6-8(2)10(11)13-14/h6H,3-5,7H2,1-2H3,(H2,11,13)(H,12,15). The fourth-order valence-electron chi connectivity index (χ4n) is 1.22. The van der Waals surface area contributed by atoms with Gasteiger partial charge in [0, 0.05) is 18.3 Å². The Morgan fingerprint density at radius 2 is 2.40 bits per heavy atom. The number of anilines is 1. The first-order valence-electron chi connectivity index (χ1n) is 5.19. The smallest absolute Gasteiger partial charge is 0.241 e. The zero-order valence-corrected chi connectivity index (χ0v) is 9.29. The fourth-order valence-corrected chi connectivity index (χ4v) is 1.22. The Bertz CT molecular complexity index is 313. The summed E-state index contributed by atoms with van der Waals surface area (Å²) in [6.07, 6.45) is 3.86. The van der Waals surface area contributed by atoms with Gasteiger partial charge in [-0.05, 0) is 13.3 Å². The van der Waals surface area contributed by atoms with E-state index >= 15 is 0 Å². The topological polar surface area (TPSA) is 72.9 Å². The molecular formula is C10H18N4O. The van der Waals surface area contributed by atoms with Crippen molar-refractivity contribution in [1.82, 2.24) is 15.1 Å². The van der Waals surface area contributed by atoms with Crippen LogP contribution in [0.2, 0.25) is 0 Å². The molecule has 0 saturated heterocycles. The first-order chi connectivity index (χ1) is 7.13. The number of nitrogens with zero attached hydrogens (tertiary/aromatic N) is 2. The number of carbonyl (C=O) groups is 1. The number of carbonyl (C=O) groups excluding carboxylic acids is 1. The van der Waals surface area contributed by atoms with E-state index in [0.29, 0.717) is 5.82 Å². The van der Waals surface area contributed by atoms with Crippen LogP contribution in [-0.4, -0.2) is 22.2 Å². The predicted molar refractivity (Wildman–Crippen MR) is 59.3 cm³/mol. The molecule has 1 amide bonds. The molecule has 3 N–H and O–H groups in total. The molecule has 84 valence electrons. The number of nitrogen functional groups attached to an aromatic ring is 1. The molecule has 1 aromatic heterocycles. The van der Waals surface area contributed by atoms with E-state index in [4.69, 9.17) is 5.73 Å². The third-order valence-electron chi connectivity index (χ3n) is 2.14. The highest BCUT2D eigenvalue weighted by Gasteiger charge is 2.05. The second-order valence-corrected chi connectivity index (χ2v) is 3.60. The van der Waals surface area contributed by atoms with E-state index in [1.165, 1.54) is 0 Å². The predicted octanol–water partition coefficient (Wildman–Crippen LogP) is 0.690. The normalized spacial score (nSPS) is 10.3. The van der Waals surface area contributed by atoms with Crippen LogP contribution in [0.25, 0.3) is 0 Å². The molecule has 1 heterocycles. The SMILES string of the molecule is CCCCNC(=O)Cn1cc(C)c(N)n1. The average molecular weight is 210 g/mol. The zero-order chi connectivity index (χ0) is 11.3. The van der Waals surface area contributed by atoms with Gasteiger partial charge in [-0.3, -0.25) is 9.48 Å². The van der Waals surface area contributed by atoms with Crippen LogP contribution in [0.15, 0.2) is 6.20 Å². The maximum absolute atomic E-state index is 11.4. The number of hydrogen-bond acceptors (Lipinski definition) is 3. The number of nitrogens with two attached hydrogens (primary N) is 1. The Kier molecular flexibility index (Phi) is 4.15. The highest BCUT2D eigenvalue weighted by molar-refractivity contribution is 5.75. The van der Waals surface area contributed by atoms with Gasteiger partial charge in [-0.15, -0.1) is 0 Å². The lowest BCUT2D eigenvalue weighted by molar-refractivity contribution is -0.121. The summed E-state index contributed by atoms with van der Waals surface area (Å²) in [5.41, 5.74) is 6.47. The monoisotopic (exact) mass is 210 g/mol. The van der Waals surface area contributed by atoms with Gasteiger partial charge in [0.25, 0.3) is 0 Å². The zero-order valence-electron chi connectivity index (χ0n) is 9.29. The molecule has 0 bridgehead atoms. The first-order valence-corrected chi connectivity index (χ1v) is 5.19. The van der Waals surface area contributed by atoms with E-state index < -0.39 is 0 Å². The molecule has 0 atom stereocenters. The highest BCUT2D eigenvalue weighted by Crippen LogP contribution is 2.05. The van der Waals surface area contributed by atoms with Gasteiger partial charge in [-0.1, -0.05) is 13.3 Å². The molecular weight excluding hydrogens is 192 g/mol. The molecule has 0 aliphatic heterocycles. The van der Waals surface area contributed by atoms with Crippen molar-refractivity contribution in [3.63, 3.8) is 0 Å². The second-order valence-electron chi connectivity index (χ2n) is 3.60. The van der Waals surface area contributed by atoms with Crippen molar-refractivity contribution in [2.45, 2.75) is 33.2 Å². The largest absolute Gasteiger partial charge is 0.382 e. The average Bonchev–Trinajstić information content (AvgIpc) is 2.46. The van der Waals surface area contributed by atoms with Crippen LogP contribution in [0.3, 0.4) is 0 Å². The molecule has 0 unspecified atom stereocenters. The summed E-state index contributed by atoms with van der Waals surface area (Å²) in [5, 5.41) is 6.83. The molecule has 1 aromatic rings. The molecule has 0 aliphatic carbocycles. The maximum atomic E-state index is 11.4. The molecule has 0 radical (unpaired) electrons.